The van der Waals surface area contributed by atoms with Crippen LogP contribution in [-0.4, -0.2) is 41.5 Å². The highest BCUT2D eigenvalue weighted by Crippen LogP contribution is 2.20. The molecule has 0 rings (SSSR count). The summed E-state index contributed by atoms with van der Waals surface area (Å²) in [5.74, 6) is 0. The average molecular weight is 222 g/mol. The summed E-state index contributed by atoms with van der Waals surface area (Å²) in [5, 5.41) is 0. The second-order valence-electron chi connectivity index (χ2n) is 4.09. The Hall–Kier alpha value is 0.0569. The van der Waals surface area contributed by atoms with Crippen molar-refractivity contribution < 1.29 is 18.0 Å². The molecular formula is C9H22O4Si. The van der Waals surface area contributed by atoms with E-state index in [9.17, 15) is 0 Å². The molecule has 0 saturated carbocycles. The van der Waals surface area contributed by atoms with Gasteiger partial charge >= 0.3 is 8.80 Å². The van der Waals surface area contributed by atoms with E-state index in [1.165, 1.54) is 0 Å². The van der Waals surface area contributed by atoms with Gasteiger partial charge in [-0.3, -0.25) is 0 Å². The van der Waals surface area contributed by atoms with Crippen LogP contribution in [0.3, 0.4) is 0 Å². The van der Waals surface area contributed by atoms with E-state index in [2.05, 4.69) is 0 Å². The maximum atomic E-state index is 5.76. The highest BCUT2D eigenvalue weighted by molar-refractivity contribution is 6.61. The predicted molar refractivity (Wildman–Crippen MR) is 57.1 cm³/mol. The van der Waals surface area contributed by atoms with Crippen LogP contribution in [0.5, 0.6) is 0 Å². The second kappa shape index (κ2) is 5.23. The number of hydrogen-bond acceptors (Lipinski definition) is 4. The van der Waals surface area contributed by atoms with Gasteiger partial charge in [0.1, 0.15) is 5.73 Å². The van der Waals surface area contributed by atoms with Crippen molar-refractivity contribution in [2.75, 3.05) is 21.3 Å². The Bertz CT molecular complexity index is 154. The van der Waals surface area contributed by atoms with Crippen molar-refractivity contribution >= 4 is 8.80 Å². The molecule has 0 spiro atoms. The van der Waals surface area contributed by atoms with E-state index in [4.69, 9.17) is 18.0 Å². The molecule has 14 heavy (non-hydrogen) atoms. The van der Waals surface area contributed by atoms with Crippen LogP contribution in [-0.2, 0) is 18.0 Å². The lowest BCUT2D eigenvalue weighted by Gasteiger charge is -2.34. The van der Waals surface area contributed by atoms with Crippen molar-refractivity contribution in [3.05, 3.63) is 0 Å². The van der Waals surface area contributed by atoms with E-state index < -0.39 is 8.80 Å². The van der Waals surface area contributed by atoms with Gasteiger partial charge < -0.3 is 18.0 Å². The molecule has 0 aromatic carbocycles. The minimum absolute atomic E-state index is 0.178. The van der Waals surface area contributed by atoms with Crippen LogP contribution < -0.4 is 0 Å². The van der Waals surface area contributed by atoms with Gasteiger partial charge in [-0.15, -0.1) is 0 Å². The van der Waals surface area contributed by atoms with Crippen molar-refractivity contribution in [1.29, 1.82) is 0 Å². The van der Waals surface area contributed by atoms with E-state index >= 15 is 0 Å². The molecule has 0 saturated heterocycles. The lowest BCUT2D eigenvalue weighted by Crippen LogP contribution is -2.56. The third kappa shape index (κ3) is 3.66. The summed E-state index contributed by atoms with van der Waals surface area (Å²) in [6.07, 6.45) is 0. The zero-order chi connectivity index (χ0) is 11.4. The molecule has 5 heteroatoms. The van der Waals surface area contributed by atoms with Gasteiger partial charge in [-0.1, -0.05) is 0 Å². The Morgan fingerprint density at radius 1 is 0.929 bits per heavy atom. The topological polar surface area (TPSA) is 36.9 Å². The Balaban J connectivity index is 4.52. The third-order valence-corrected chi connectivity index (χ3v) is 4.70. The summed E-state index contributed by atoms with van der Waals surface area (Å²) in [6.45, 7) is 7.88. The van der Waals surface area contributed by atoms with Crippen molar-refractivity contribution in [3.8, 4) is 0 Å². The first-order valence-corrected chi connectivity index (χ1v) is 6.45. The molecule has 0 aliphatic heterocycles. The summed E-state index contributed by atoms with van der Waals surface area (Å²) in [4.78, 5) is 0. The van der Waals surface area contributed by atoms with Crippen LogP contribution in [0.2, 0.25) is 0 Å². The minimum Gasteiger partial charge on any atom is -0.375 e. The fraction of sp³-hybridized carbons (Fsp3) is 1.00. The summed E-state index contributed by atoms with van der Waals surface area (Å²) in [5.41, 5.74) is -0.407. The molecule has 0 aromatic rings. The molecule has 0 radical (unpaired) electrons. The Morgan fingerprint density at radius 3 is 1.50 bits per heavy atom. The van der Waals surface area contributed by atoms with Gasteiger partial charge in [0.05, 0.1) is 5.60 Å². The van der Waals surface area contributed by atoms with Crippen LogP contribution in [0.25, 0.3) is 0 Å². The normalized spacial score (nSPS) is 15.6. The van der Waals surface area contributed by atoms with E-state index in [0.29, 0.717) is 0 Å². The van der Waals surface area contributed by atoms with Gasteiger partial charge in [0.15, 0.2) is 0 Å². The van der Waals surface area contributed by atoms with Gasteiger partial charge in [0.2, 0.25) is 0 Å². The summed E-state index contributed by atoms with van der Waals surface area (Å²) in [6, 6.07) is 0. The van der Waals surface area contributed by atoms with Crippen LogP contribution in [0.15, 0.2) is 0 Å². The van der Waals surface area contributed by atoms with Gasteiger partial charge in [-0.05, 0) is 27.7 Å². The average Bonchev–Trinajstić information content (AvgIpc) is 2.05. The highest BCUT2D eigenvalue weighted by atomic mass is 28.4. The third-order valence-electron chi connectivity index (χ3n) is 1.88. The fourth-order valence-corrected chi connectivity index (χ4v) is 3.34. The van der Waals surface area contributed by atoms with Crippen LogP contribution in [0.4, 0.5) is 0 Å². The van der Waals surface area contributed by atoms with Crippen LogP contribution in [0.1, 0.15) is 27.7 Å². The molecule has 0 heterocycles. The smallest absolute Gasteiger partial charge is 0.375 e. The van der Waals surface area contributed by atoms with Gasteiger partial charge in [-0.25, -0.2) is 0 Å². The molecule has 0 fully saturated rings. The van der Waals surface area contributed by atoms with E-state index in [1.807, 2.05) is 27.7 Å². The first-order valence-electron chi connectivity index (χ1n) is 4.64. The lowest BCUT2D eigenvalue weighted by molar-refractivity contribution is -0.0578. The van der Waals surface area contributed by atoms with Crippen LogP contribution in [0, 0.1) is 0 Å². The van der Waals surface area contributed by atoms with Gasteiger partial charge in [0, 0.05) is 21.3 Å². The van der Waals surface area contributed by atoms with Crippen molar-refractivity contribution in [2.24, 2.45) is 0 Å². The molecular weight excluding hydrogens is 200 g/mol. The second-order valence-corrected chi connectivity index (χ2v) is 7.33. The Labute approximate surface area is 87.9 Å². The van der Waals surface area contributed by atoms with Gasteiger partial charge in [0.25, 0.3) is 0 Å². The zero-order valence-electron chi connectivity index (χ0n) is 10.2. The highest BCUT2D eigenvalue weighted by Gasteiger charge is 2.47. The maximum absolute atomic E-state index is 5.76. The molecule has 0 aliphatic carbocycles. The zero-order valence-corrected chi connectivity index (χ0v) is 11.2. The van der Waals surface area contributed by atoms with E-state index in [0.717, 1.165) is 0 Å². The quantitative estimate of drug-likeness (QED) is 0.662. The number of rotatable bonds is 5. The molecule has 86 valence electrons. The number of hydrogen-bond donors (Lipinski definition) is 0. The summed E-state index contributed by atoms with van der Waals surface area (Å²) >= 11 is 0. The first kappa shape index (κ1) is 14.1. The SMILES string of the molecule is CO[Si](OC)(OC)C(C)OC(C)(C)C. The van der Waals surface area contributed by atoms with Crippen LogP contribution >= 0.6 is 0 Å². The molecule has 0 amide bonds. The maximum Gasteiger partial charge on any atom is 0.530 e. The molecule has 0 aliphatic rings. The largest absolute Gasteiger partial charge is 0.530 e. The molecule has 1 atom stereocenters. The summed E-state index contributed by atoms with van der Waals surface area (Å²) < 4.78 is 21.7. The Morgan fingerprint density at radius 2 is 1.29 bits per heavy atom. The molecule has 0 N–H and O–H groups in total. The standard InChI is InChI=1S/C9H22O4Si/c1-8(13-9(2,3)4)14(10-5,11-6)12-7/h8H,1-7H3. The monoisotopic (exact) mass is 222 g/mol. The Kier molecular flexibility index (Phi) is 5.25. The van der Waals surface area contributed by atoms with E-state index in [-0.39, 0.29) is 11.3 Å². The molecule has 1 unspecified atom stereocenters. The number of ether oxygens (including phenoxy) is 1. The van der Waals surface area contributed by atoms with Crippen molar-refractivity contribution in [3.63, 3.8) is 0 Å². The minimum atomic E-state index is -2.65. The van der Waals surface area contributed by atoms with E-state index in [1.54, 1.807) is 21.3 Å². The molecule has 0 aromatic heterocycles. The first-order chi connectivity index (χ1) is 6.31. The van der Waals surface area contributed by atoms with Gasteiger partial charge in [-0.2, -0.15) is 0 Å². The molecule has 4 nitrogen and oxygen atoms in total. The lowest BCUT2D eigenvalue weighted by atomic mass is 10.2. The predicted octanol–water partition coefficient (Wildman–Crippen LogP) is 1.61. The van der Waals surface area contributed by atoms with Crippen molar-refractivity contribution in [1.82, 2.24) is 0 Å². The van der Waals surface area contributed by atoms with Crippen molar-refractivity contribution in [2.45, 2.75) is 39.0 Å². The fourth-order valence-electron chi connectivity index (χ4n) is 1.35. The summed E-state index contributed by atoms with van der Waals surface area (Å²) in [7, 11) is 2.10. The molecule has 0 bridgehead atoms.